The van der Waals surface area contributed by atoms with Crippen LogP contribution in [-0.4, -0.2) is 13.0 Å². The standard InChI is InChI=1S/C10H12O3S.Na/c1-2-10(14(11,12)13)8-9-6-4-3-5-7-9;/h3-8H,2H2,1H3,(H,11,12,13);/q;+1/p-1. The van der Waals surface area contributed by atoms with E-state index in [1.165, 1.54) is 6.08 Å². The molecule has 0 aliphatic carbocycles. The zero-order chi connectivity index (χ0) is 10.6. The van der Waals surface area contributed by atoms with E-state index in [0.29, 0.717) is 0 Å². The molecule has 0 saturated heterocycles. The van der Waals surface area contributed by atoms with Crippen molar-refractivity contribution in [3.05, 3.63) is 40.8 Å². The van der Waals surface area contributed by atoms with E-state index in [-0.39, 0.29) is 40.9 Å². The Bertz CT molecular complexity index is 423. The molecular weight excluding hydrogens is 223 g/mol. The molecule has 0 aliphatic heterocycles. The Labute approximate surface area is 112 Å². The van der Waals surface area contributed by atoms with Gasteiger partial charge in [0, 0.05) is 4.91 Å². The third-order valence-corrected chi connectivity index (χ3v) is 2.85. The Kier molecular flexibility index (Phi) is 6.40. The van der Waals surface area contributed by atoms with Gasteiger partial charge in [-0.1, -0.05) is 37.3 Å². The number of hydrogen-bond acceptors (Lipinski definition) is 3. The fraction of sp³-hybridized carbons (Fsp3) is 0.200. The van der Waals surface area contributed by atoms with Gasteiger partial charge in [0.2, 0.25) is 0 Å². The van der Waals surface area contributed by atoms with Gasteiger partial charge < -0.3 is 4.55 Å². The molecule has 0 unspecified atom stereocenters. The van der Waals surface area contributed by atoms with Crippen LogP contribution in [0.25, 0.3) is 6.08 Å². The summed E-state index contributed by atoms with van der Waals surface area (Å²) in [4.78, 5) is -0.0799. The third-order valence-electron chi connectivity index (χ3n) is 1.80. The Morgan fingerprint density at radius 2 is 1.87 bits per heavy atom. The Balaban J connectivity index is 0.00000196. The van der Waals surface area contributed by atoms with Crippen LogP contribution in [0.5, 0.6) is 0 Å². The molecule has 0 atom stereocenters. The van der Waals surface area contributed by atoms with Crippen LogP contribution >= 0.6 is 0 Å². The van der Waals surface area contributed by atoms with Gasteiger partial charge in [-0.25, -0.2) is 8.42 Å². The topological polar surface area (TPSA) is 57.2 Å². The van der Waals surface area contributed by atoms with Crippen molar-refractivity contribution in [1.29, 1.82) is 0 Å². The van der Waals surface area contributed by atoms with E-state index in [2.05, 4.69) is 0 Å². The molecule has 1 aromatic carbocycles. The number of allylic oxidation sites excluding steroid dienone is 1. The van der Waals surface area contributed by atoms with Crippen molar-refractivity contribution in [2.24, 2.45) is 0 Å². The van der Waals surface area contributed by atoms with Crippen LogP contribution in [0.3, 0.4) is 0 Å². The largest absolute Gasteiger partial charge is 1.00 e. The molecule has 5 heteroatoms. The summed E-state index contributed by atoms with van der Waals surface area (Å²) < 4.78 is 32.2. The molecule has 0 saturated carbocycles. The van der Waals surface area contributed by atoms with Crippen LogP contribution in [0.2, 0.25) is 0 Å². The minimum absolute atomic E-state index is 0. The van der Waals surface area contributed by atoms with Crippen LogP contribution < -0.4 is 29.6 Å². The second-order valence-electron chi connectivity index (χ2n) is 2.83. The maximum absolute atomic E-state index is 10.7. The normalized spacial score (nSPS) is 12.0. The minimum atomic E-state index is -4.30. The summed E-state index contributed by atoms with van der Waals surface area (Å²) in [5.74, 6) is 0. The summed E-state index contributed by atoms with van der Waals surface area (Å²) in [5, 5.41) is 0. The number of benzene rings is 1. The van der Waals surface area contributed by atoms with E-state index in [0.717, 1.165) is 5.56 Å². The van der Waals surface area contributed by atoms with E-state index >= 15 is 0 Å². The summed E-state index contributed by atoms with van der Waals surface area (Å²) in [6, 6.07) is 8.91. The molecule has 0 bridgehead atoms. The molecule has 0 fully saturated rings. The van der Waals surface area contributed by atoms with Crippen molar-refractivity contribution in [1.82, 2.24) is 0 Å². The first-order chi connectivity index (χ1) is 6.54. The molecule has 0 aliphatic rings. The summed E-state index contributed by atoms with van der Waals surface area (Å²) in [7, 11) is -4.30. The SMILES string of the molecule is CCC(=Cc1ccccc1)S(=O)(=O)[O-].[Na+]. The number of rotatable bonds is 3. The van der Waals surface area contributed by atoms with Gasteiger partial charge >= 0.3 is 29.6 Å². The summed E-state index contributed by atoms with van der Waals surface area (Å²) in [5.41, 5.74) is 0.726. The maximum atomic E-state index is 10.7. The van der Waals surface area contributed by atoms with Gasteiger partial charge in [0.1, 0.15) is 10.1 Å². The van der Waals surface area contributed by atoms with Crippen LogP contribution in [0.15, 0.2) is 35.2 Å². The van der Waals surface area contributed by atoms with Gasteiger partial charge in [0.15, 0.2) is 0 Å². The summed E-state index contributed by atoms with van der Waals surface area (Å²) >= 11 is 0. The zero-order valence-corrected chi connectivity index (χ0v) is 11.6. The van der Waals surface area contributed by atoms with Crippen molar-refractivity contribution in [2.45, 2.75) is 13.3 Å². The zero-order valence-electron chi connectivity index (χ0n) is 8.80. The molecule has 0 N–H and O–H groups in total. The van der Waals surface area contributed by atoms with Crippen molar-refractivity contribution in [2.75, 3.05) is 0 Å². The molecule has 76 valence electrons. The van der Waals surface area contributed by atoms with Gasteiger partial charge in [-0.05, 0) is 18.1 Å². The van der Waals surface area contributed by atoms with Gasteiger partial charge in [-0.3, -0.25) is 0 Å². The molecule has 0 amide bonds. The Hall–Kier alpha value is -0.130. The maximum Gasteiger partial charge on any atom is 1.00 e. The molecule has 15 heavy (non-hydrogen) atoms. The fourth-order valence-corrected chi connectivity index (χ4v) is 1.72. The van der Waals surface area contributed by atoms with Crippen LogP contribution in [0.1, 0.15) is 18.9 Å². The molecule has 1 aromatic rings. The molecule has 3 nitrogen and oxygen atoms in total. The van der Waals surface area contributed by atoms with Crippen LogP contribution in [-0.2, 0) is 10.1 Å². The summed E-state index contributed by atoms with van der Waals surface area (Å²) in [6.07, 6.45) is 1.63. The van der Waals surface area contributed by atoms with Gasteiger partial charge in [0.05, 0.1) is 0 Å². The predicted molar refractivity (Wildman–Crippen MR) is 54.4 cm³/mol. The molecule has 1 rings (SSSR count). The van der Waals surface area contributed by atoms with Crippen LogP contribution in [0, 0.1) is 0 Å². The fourth-order valence-electron chi connectivity index (χ4n) is 1.09. The molecule has 0 spiro atoms. The summed E-state index contributed by atoms with van der Waals surface area (Å²) in [6.45, 7) is 1.64. The van der Waals surface area contributed by atoms with Crippen molar-refractivity contribution in [3.8, 4) is 0 Å². The first kappa shape index (κ1) is 14.9. The molecular formula is C10H11NaO3S. The minimum Gasteiger partial charge on any atom is -0.744 e. The quantitative estimate of drug-likeness (QED) is 0.497. The van der Waals surface area contributed by atoms with Crippen molar-refractivity contribution in [3.63, 3.8) is 0 Å². The molecule has 0 heterocycles. The second kappa shape index (κ2) is 6.45. The first-order valence-electron chi connectivity index (χ1n) is 4.25. The molecule has 0 radical (unpaired) electrons. The van der Waals surface area contributed by atoms with Crippen molar-refractivity contribution >= 4 is 16.2 Å². The van der Waals surface area contributed by atoms with E-state index in [1.807, 2.05) is 6.07 Å². The van der Waals surface area contributed by atoms with E-state index in [1.54, 1.807) is 31.2 Å². The average molecular weight is 234 g/mol. The third kappa shape index (κ3) is 4.95. The van der Waals surface area contributed by atoms with E-state index in [4.69, 9.17) is 0 Å². The van der Waals surface area contributed by atoms with E-state index < -0.39 is 10.1 Å². The van der Waals surface area contributed by atoms with Gasteiger partial charge in [0.25, 0.3) is 0 Å². The Morgan fingerprint density at radius 1 is 1.33 bits per heavy atom. The Morgan fingerprint density at radius 3 is 2.27 bits per heavy atom. The van der Waals surface area contributed by atoms with Crippen LogP contribution in [0.4, 0.5) is 0 Å². The predicted octanol–water partition coefficient (Wildman–Crippen LogP) is -1.01. The van der Waals surface area contributed by atoms with E-state index in [9.17, 15) is 13.0 Å². The van der Waals surface area contributed by atoms with Crippen molar-refractivity contribution < 1.29 is 42.5 Å². The number of hydrogen-bond donors (Lipinski definition) is 0. The monoisotopic (exact) mass is 234 g/mol. The van der Waals surface area contributed by atoms with Gasteiger partial charge in [-0.2, -0.15) is 0 Å². The first-order valence-corrected chi connectivity index (χ1v) is 5.66. The average Bonchev–Trinajstić information content (AvgIpc) is 2.14. The smallest absolute Gasteiger partial charge is 0.744 e. The molecule has 0 aromatic heterocycles. The van der Waals surface area contributed by atoms with Gasteiger partial charge in [-0.15, -0.1) is 0 Å². The second-order valence-corrected chi connectivity index (χ2v) is 4.26.